The minimum atomic E-state index is 0.273. The number of rotatable bonds is 10. The summed E-state index contributed by atoms with van der Waals surface area (Å²) in [5, 5.41) is 0. The Morgan fingerprint density at radius 2 is 1.23 bits per heavy atom. The molecule has 0 amide bonds. The molecule has 0 aliphatic heterocycles. The molecule has 3 nitrogen and oxygen atoms in total. The minimum absolute atomic E-state index is 0.273. The van der Waals surface area contributed by atoms with Crippen LogP contribution in [0.3, 0.4) is 0 Å². The second-order valence-corrected chi connectivity index (χ2v) is 8.83. The maximum Gasteiger partial charge on any atom is 0.130 e. The predicted octanol–water partition coefficient (Wildman–Crippen LogP) is 8.09. The van der Waals surface area contributed by atoms with Gasteiger partial charge in [0, 0.05) is 18.6 Å². The Labute approximate surface area is 210 Å². The molecule has 35 heavy (non-hydrogen) atoms. The lowest BCUT2D eigenvalue weighted by Gasteiger charge is -2.37. The highest BCUT2D eigenvalue weighted by atomic mass is 16.5. The van der Waals surface area contributed by atoms with E-state index in [0.717, 1.165) is 35.6 Å². The largest absolute Gasteiger partial charge is 0.496 e. The lowest BCUT2D eigenvalue weighted by Crippen LogP contribution is -2.31. The van der Waals surface area contributed by atoms with Gasteiger partial charge in [0.2, 0.25) is 0 Å². The van der Waals surface area contributed by atoms with Crippen LogP contribution in [-0.4, -0.2) is 19.1 Å². The van der Waals surface area contributed by atoms with Gasteiger partial charge in [-0.25, -0.2) is 0 Å². The normalized spacial score (nSPS) is 12.8. The standard InChI is InChI=1S/C32H35NO2/c1-5-29(27-19-21-28(22-20-27)32-30(34-3)17-12-18-31(32)35-4)33(23-25-13-8-6-9-14-25)24(2)26-15-10-7-11-16-26/h6-22,24,29H,5,23H2,1-4H3/t24-,29+/m1/s1. The summed E-state index contributed by atoms with van der Waals surface area (Å²) < 4.78 is 11.3. The molecule has 0 saturated heterocycles. The first kappa shape index (κ1) is 24.6. The lowest BCUT2D eigenvalue weighted by molar-refractivity contribution is 0.129. The van der Waals surface area contributed by atoms with Crippen molar-refractivity contribution in [2.24, 2.45) is 0 Å². The monoisotopic (exact) mass is 465 g/mol. The topological polar surface area (TPSA) is 21.7 Å². The van der Waals surface area contributed by atoms with E-state index in [2.05, 4.69) is 104 Å². The SMILES string of the molecule is CC[C@@H](c1ccc(-c2c(OC)cccc2OC)cc1)N(Cc1ccccc1)[C@H](C)c1ccccc1. The van der Waals surface area contributed by atoms with Crippen molar-refractivity contribution in [3.63, 3.8) is 0 Å². The summed E-state index contributed by atoms with van der Waals surface area (Å²) in [5.41, 5.74) is 6.03. The van der Waals surface area contributed by atoms with Gasteiger partial charge >= 0.3 is 0 Å². The van der Waals surface area contributed by atoms with E-state index < -0.39 is 0 Å². The van der Waals surface area contributed by atoms with Gasteiger partial charge in [0.15, 0.2) is 0 Å². The third-order valence-corrected chi connectivity index (χ3v) is 6.79. The smallest absolute Gasteiger partial charge is 0.130 e. The van der Waals surface area contributed by atoms with E-state index in [1.807, 2.05) is 18.2 Å². The fraction of sp³-hybridized carbons (Fsp3) is 0.250. The summed E-state index contributed by atoms with van der Waals surface area (Å²) in [5.74, 6) is 1.63. The predicted molar refractivity (Wildman–Crippen MR) is 145 cm³/mol. The third kappa shape index (κ3) is 5.58. The van der Waals surface area contributed by atoms with Gasteiger partial charge < -0.3 is 9.47 Å². The van der Waals surface area contributed by atoms with Crippen molar-refractivity contribution in [3.8, 4) is 22.6 Å². The Kier molecular flexibility index (Phi) is 8.23. The molecule has 0 saturated carbocycles. The molecule has 0 unspecified atom stereocenters. The summed E-state index contributed by atoms with van der Waals surface area (Å²) in [6.07, 6.45) is 1.02. The molecule has 4 rings (SSSR count). The molecule has 0 bridgehead atoms. The Hall–Kier alpha value is -3.56. The van der Waals surface area contributed by atoms with E-state index in [4.69, 9.17) is 9.47 Å². The van der Waals surface area contributed by atoms with Crippen LogP contribution >= 0.6 is 0 Å². The summed E-state index contributed by atoms with van der Waals surface area (Å²) >= 11 is 0. The molecule has 180 valence electrons. The number of nitrogens with zero attached hydrogens (tertiary/aromatic N) is 1. The highest BCUT2D eigenvalue weighted by Gasteiger charge is 2.25. The van der Waals surface area contributed by atoms with Crippen molar-refractivity contribution < 1.29 is 9.47 Å². The van der Waals surface area contributed by atoms with Crippen LogP contribution in [0.4, 0.5) is 0 Å². The highest BCUT2D eigenvalue weighted by Crippen LogP contribution is 2.40. The average Bonchev–Trinajstić information content (AvgIpc) is 2.93. The summed E-state index contributed by atoms with van der Waals surface area (Å²) in [4.78, 5) is 2.61. The summed E-state index contributed by atoms with van der Waals surface area (Å²) in [7, 11) is 3.40. The average molecular weight is 466 g/mol. The highest BCUT2D eigenvalue weighted by molar-refractivity contribution is 5.77. The van der Waals surface area contributed by atoms with Crippen molar-refractivity contribution in [2.45, 2.75) is 38.9 Å². The molecule has 2 atom stereocenters. The van der Waals surface area contributed by atoms with Gasteiger partial charge in [-0.3, -0.25) is 4.90 Å². The third-order valence-electron chi connectivity index (χ3n) is 6.79. The molecule has 0 N–H and O–H groups in total. The van der Waals surface area contributed by atoms with Crippen LogP contribution in [0.5, 0.6) is 11.5 Å². The summed E-state index contributed by atoms with van der Waals surface area (Å²) in [6, 6.07) is 36.9. The number of methoxy groups -OCH3 is 2. The van der Waals surface area contributed by atoms with E-state index >= 15 is 0 Å². The first-order chi connectivity index (χ1) is 17.2. The molecule has 0 aliphatic rings. The molecular weight excluding hydrogens is 430 g/mol. The van der Waals surface area contributed by atoms with Crippen LogP contribution in [0.15, 0.2) is 103 Å². The molecule has 3 heteroatoms. The maximum atomic E-state index is 5.64. The molecule has 0 radical (unpaired) electrons. The van der Waals surface area contributed by atoms with Crippen molar-refractivity contribution >= 4 is 0 Å². The van der Waals surface area contributed by atoms with Gasteiger partial charge in [-0.05, 0) is 47.7 Å². The molecular formula is C32H35NO2. The van der Waals surface area contributed by atoms with E-state index in [1.54, 1.807) is 14.2 Å². The quantitative estimate of drug-likeness (QED) is 0.236. The minimum Gasteiger partial charge on any atom is -0.496 e. The van der Waals surface area contributed by atoms with Crippen LogP contribution in [0.25, 0.3) is 11.1 Å². The van der Waals surface area contributed by atoms with Gasteiger partial charge in [0.05, 0.1) is 19.8 Å². The zero-order valence-electron chi connectivity index (χ0n) is 21.1. The van der Waals surface area contributed by atoms with E-state index in [0.29, 0.717) is 0 Å². The molecule has 0 aliphatic carbocycles. The van der Waals surface area contributed by atoms with Crippen LogP contribution in [-0.2, 0) is 6.54 Å². The second-order valence-electron chi connectivity index (χ2n) is 8.83. The Morgan fingerprint density at radius 3 is 1.77 bits per heavy atom. The van der Waals surface area contributed by atoms with Crippen LogP contribution in [0.1, 0.15) is 49.0 Å². The number of benzene rings is 4. The zero-order chi connectivity index (χ0) is 24.6. The number of hydrogen-bond donors (Lipinski definition) is 0. The van der Waals surface area contributed by atoms with E-state index in [9.17, 15) is 0 Å². The first-order valence-electron chi connectivity index (χ1n) is 12.3. The summed E-state index contributed by atoms with van der Waals surface area (Å²) in [6.45, 7) is 5.48. The van der Waals surface area contributed by atoms with Crippen LogP contribution in [0.2, 0.25) is 0 Å². The van der Waals surface area contributed by atoms with Gasteiger partial charge in [0.1, 0.15) is 11.5 Å². The first-order valence-corrected chi connectivity index (χ1v) is 12.3. The number of ether oxygens (including phenoxy) is 2. The van der Waals surface area contributed by atoms with Crippen molar-refractivity contribution in [3.05, 3.63) is 120 Å². The Bertz CT molecular complexity index is 1170. The molecule has 0 heterocycles. The number of hydrogen-bond acceptors (Lipinski definition) is 3. The van der Waals surface area contributed by atoms with Gasteiger partial charge in [-0.1, -0.05) is 97.9 Å². The lowest BCUT2D eigenvalue weighted by atomic mass is 9.95. The molecule has 0 spiro atoms. The van der Waals surface area contributed by atoms with Crippen molar-refractivity contribution in [1.29, 1.82) is 0 Å². The molecule has 0 aromatic heterocycles. The maximum absolute atomic E-state index is 5.64. The molecule has 4 aromatic carbocycles. The van der Waals surface area contributed by atoms with Gasteiger partial charge in [0.25, 0.3) is 0 Å². The second kappa shape index (κ2) is 11.7. The fourth-order valence-electron chi connectivity index (χ4n) is 4.90. The van der Waals surface area contributed by atoms with Crippen LogP contribution in [0, 0.1) is 0 Å². The Morgan fingerprint density at radius 1 is 0.657 bits per heavy atom. The van der Waals surface area contributed by atoms with Gasteiger partial charge in [-0.15, -0.1) is 0 Å². The van der Waals surface area contributed by atoms with E-state index in [-0.39, 0.29) is 12.1 Å². The Balaban J connectivity index is 1.70. The van der Waals surface area contributed by atoms with E-state index in [1.165, 1.54) is 16.7 Å². The molecule has 0 fully saturated rings. The van der Waals surface area contributed by atoms with Gasteiger partial charge in [-0.2, -0.15) is 0 Å². The van der Waals surface area contributed by atoms with Crippen molar-refractivity contribution in [1.82, 2.24) is 4.90 Å². The zero-order valence-corrected chi connectivity index (χ0v) is 21.1. The fourth-order valence-corrected chi connectivity index (χ4v) is 4.90. The van der Waals surface area contributed by atoms with Crippen molar-refractivity contribution in [2.75, 3.05) is 14.2 Å². The molecule has 4 aromatic rings. The van der Waals surface area contributed by atoms with Crippen LogP contribution < -0.4 is 9.47 Å².